The van der Waals surface area contributed by atoms with Crippen LogP contribution in [0.5, 0.6) is 0 Å². The van der Waals surface area contributed by atoms with Crippen molar-refractivity contribution in [1.29, 1.82) is 0 Å². The van der Waals surface area contributed by atoms with Crippen molar-refractivity contribution in [1.82, 2.24) is 5.32 Å². The van der Waals surface area contributed by atoms with Gasteiger partial charge in [-0.25, -0.2) is 0 Å². The van der Waals surface area contributed by atoms with Crippen LogP contribution in [0.2, 0.25) is 0 Å². The molecule has 14 heavy (non-hydrogen) atoms. The summed E-state index contributed by atoms with van der Waals surface area (Å²) in [7, 11) is 0. The van der Waals surface area contributed by atoms with Gasteiger partial charge in [-0.05, 0) is 56.0 Å². The Morgan fingerprint density at radius 3 is 2.43 bits per heavy atom. The van der Waals surface area contributed by atoms with E-state index >= 15 is 0 Å². The van der Waals surface area contributed by atoms with Crippen LogP contribution >= 0.6 is 0 Å². The maximum Gasteiger partial charge on any atom is -0.00435 e. The van der Waals surface area contributed by atoms with Crippen molar-refractivity contribution in [2.24, 2.45) is 17.3 Å². The summed E-state index contributed by atoms with van der Waals surface area (Å²) in [5, 5.41) is 3.52. The zero-order valence-electron chi connectivity index (χ0n) is 9.81. The number of hydrogen-bond donors (Lipinski definition) is 1. The van der Waals surface area contributed by atoms with Crippen molar-refractivity contribution in [3.05, 3.63) is 0 Å². The number of piperidine rings is 1. The Morgan fingerprint density at radius 2 is 1.79 bits per heavy atom. The van der Waals surface area contributed by atoms with Gasteiger partial charge in [0.15, 0.2) is 0 Å². The largest absolute Gasteiger partial charge is 0.317 e. The molecule has 0 radical (unpaired) electrons. The predicted molar refractivity (Wildman–Crippen MR) is 61.3 cm³/mol. The van der Waals surface area contributed by atoms with E-state index in [0.717, 1.165) is 17.3 Å². The van der Waals surface area contributed by atoms with Gasteiger partial charge in [0.2, 0.25) is 0 Å². The second kappa shape index (κ2) is 4.22. The zero-order valence-corrected chi connectivity index (χ0v) is 9.81. The minimum atomic E-state index is 0.734. The Kier molecular flexibility index (Phi) is 3.16. The summed E-state index contributed by atoms with van der Waals surface area (Å²) in [6, 6.07) is 0. The summed E-state index contributed by atoms with van der Waals surface area (Å²) in [6.07, 6.45) is 8.86. The fraction of sp³-hybridized carbons (Fsp3) is 1.00. The molecule has 1 atom stereocenters. The van der Waals surface area contributed by atoms with E-state index < -0.39 is 0 Å². The zero-order chi connectivity index (χ0) is 10.0. The molecule has 1 heteroatoms. The van der Waals surface area contributed by atoms with Crippen molar-refractivity contribution in [2.75, 3.05) is 13.1 Å². The highest BCUT2D eigenvalue weighted by Gasteiger charge is 2.42. The molecule has 2 rings (SSSR count). The van der Waals surface area contributed by atoms with Gasteiger partial charge in [0.05, 0.1) is 0 Å². The van der Waals surface area contributed by atoms with E-state index in [-0.39, 0.29) is 0 Å². The molecule has 0 aromatic heterocycles. The first-order valence-electron chi connectivity index (χ1n) is 6.45. The highest BCUT2D eigenvalue weighted by molar-refractivity contribution is 4.93. The highest BCUT2D eigenvalue weighted by atomic mass is 14.9. The van der Waals surface area contributed by atoms with Gasteiger partial charge in [-0.3, -0.25) is 0 Å². The minimum Gasteiger partial charge on any atom is -0.317 e. The summed E-state index contributed by atoms with van der Waals surface area (Å²) >= 11 is 0. The van der Waals surface area contributed by atoms with E-state index in [9.17, 15) is 0 Å². The van der Waals surface area contributed by atoms with E-state index in [2.05, 4.69) is 19.2 Å². The van der Waals surface area contributed by atoms with Crippen LogP contribution in [0.4, 0.5) is 0 Å². The molecule has 1 unspecified atom stereocenters. The molecular weight excluding hydrogens is 170 g/mol. The lowest BCUT2D eigenvalue weighted by atomic mass is 9.58. The maximum absolute atomic E-state index is 3.52. The average molecular weight is 195 g/mol. The monoisotopic (exact) mass is 195 g/mol. The molecule has 1 saturated heterocycles. The van der Waals surface area contributed by atoms with Gasteiger partial charge in [-0.2, -0.15) is 0 Å². The summed E-state index contributed by atoms with van der Waals surface area (Å²) in [5.74, 6) is 1.91. The first-order chi connectivity index (χ1) is 6.75. The molecule has 1 aliphatic heterocycles. The van der Waals surface area contributed by atoms with Crippen molar-refractivity contribution in [3.63, 3.8) is 0 Å². The van der Waals surface area contributed by atoms with Crippen molar-refractivity contribution in [3.8, 4) is 0 Å². The summed E-state index contributed by atoms with van der Waals surface area (Å²) in [4.78, 5) is 0. The summed E-state index contributed by atoms with van der Waals surface area (Å²) in [6.45, 7) is 7.39. The first kappa shape index (κ1) is 10.5. The van der Waals surface area contributed by atoms with Gasteiger partial charge >= 0.3 is 0 Å². The maximum atomic E-state index is 3.52. The Hall–Kier alpha value is -0.0400. The SMILES string of the molecule is CC(C)C1CCCCC12CCNCC2. The smallest absolute Gasteiger partial charge is 0.00435 e. The molecule has 0 aromatic carbocycles. The molecule has 1 aliphatic carbocycles. The molecule has 2 fully saturated rings. The second-order valence-electron chi connectivity index (χ2n) is 5.71. The van der Waals surface area contributed by atoms with E-state index in [1.807, 2.05) is 0 Å². The molecule has 1 nitrogen and oxygen atoms in total. The van der Waals surface area contributed by atoms with Gasteiger partial charge in [-0.1, -0.05) is 26.7 Å². The first-order valence-corrected chi connectivity index (χ1v) is 6.45. The standard InChI is InChI=1S/C13H25N/c1-11(2)12-5-3-4-6-13(12)7-9-14-10-8-13/h11-12,14H,3-10H2,1-2H3. The van der Waals surface area contributed by atoms with E-state index in [4.69, 9.17) is 0 Å². The minimum absolute atomic E-state index is 0.734. The molecule has 0 bridgehead atoms. The molecule has 0 amide bonds. The van der Waals surface area contributed by atoms with Gasteiger partial charge in [0.25, 0.3) is 0 Å². The molecule has 82 valence electrons. The summed E-state index contributed by atoms with van der Waals surface area (Å²) < 4.78 is 0. The molecule has 0 aromatic rings. The highest BCUT2D eigenvalue weighted by Crippen LogP contribution is 2.50. The van der Waals surface area contributed by atoms with E-state index in [1.165, 1.54) is 51.6 Å². The van der Waals surface area contributed by atoms with Crippen LogP contribution in [-0.2, 0) is 0 Å². The van der Waals surface area contributed by atoms with Gasteiger partial charge < -0.3 is 5.32 Å². The molecule has 2 aliphatic rings. The Labute approximate surface area is 88.7 Å². The number of hydrogen-bond acceptors (Lipinski definition) is 1. The van der Waals surface area contributed by atoms with Crippen LogP contribution < -0.4 is 5.32 Å². The van der Waals surface area contributed by atoms with Crippen LogP contribution in [0.25, 0.3) is 0 Å². The van der Waals surface area contributed by atoms with Gasteiger partial charge in [0, 0.05) is 0 Å². The lowest BCUT2D eigenvalue weighted by Crippen LogP contribution is -2.45. The lowest BCUT2D eigenvalue weighted by Gasteiger charge is -2.49. The van der Waals surface area contributed by atoms with Gasteiger partial charge in [-0.15, -0.1) is 0 Å². The Bertz CT molecular complexity index is 171. The third-order valence-corrected chi connectivity index (χ3v) is 4.63. The Balaban J connectivity index is 2.10. The van der Waals surface area contributed by atoms with Crippen molar-refractivity contribution < 1.29 is 0 Å². The third-order valence-electron chi connectivity index (χ3n) is 4.63. The lowest BCUT2D eigenvalue weighted by molar-refractivity contribution is 0.0264. The predicted octanol–water partition coefficient (Wildman–Crippen LogP) is 3.20. The van der Waals surface area contributed by atoms with Crippen molar-refractivity contribution in [2.45, 2.75) is 52.4 Å². The van der Waals surface area contributed by atoms with Crippen LogP contribution in [0.15, 0.2) is 0 Å². The normalized spacial score (nSPS) is 32.4. The molecule has 1 heterocycles. The van der Waals surface area contributed by atoms with Gasteiger partial charge in [0.1, 0.15) is 0 Å². The van der Waals surface area contributed by atoms with Crippen LogP contribution in [-0.4, -0.2) is 13.1 Å². The third kappa shape index (κ3) is 1.84. The number of nitrogens with one attached hydrogen (secondary N) is 1. The van der Waals surface area contributed by atoms with Crippen LogP contribution in [0.3, 0.4) is 0 Å². The van der Waals surface area contributed by atoms with E-state index in [0.29, 0.717) is 0 Å². The van der Waals surface area contributed by atoms with E-state index in [1.54, 1.807) is 0 Å². The number of rotatable bonds is 1. The fourth-order valence-corrected chi connectivity index (χ4v) is 3.92. The quantitative estimate of drug-likeness (QED) is 0.677. The fourth-order valence-electron chi connectivity index (χ4n) is 3.92. The van der Waals surface area contributed by atoms with Crippen LogP contribution in [0, 0.1) is 17.3 Å². The Morgan fingerprint density at radius 1 is 1.07 bits per heavy atom. The topological polar surface area (TPSA) is 12.0 Å². The second-order valence-corrected chi connectivity index (χ2v) is 5.71. The van der Waals surface area contributed by atoms with Crippen molar-refractivity contribution >= 4 is 0 Å². The molecule has 1 saturated carbocycles. The summed E-state index contributed by atoms with van der Waals surface area (Å²) in [5.41, 5.74) is 0.734. The molecule has 1 spiro atoms. The molecule has 1 N–H and O–H groups in total. The van der Waals surface area contributed by atoms with Crippen LogP contribution in [0.1, 0.15) is 52.4 Å². The molecular formula is C13H25N. The average Bonchev–Trinajstić information content (AvgIpc) is 2.19.